The lowest BCUT2D eigenvalue weighted by molar-refractivity contribution is -0.122. The van der Waals surface area contributed by atoms with Gasteiger partial charge in [-0.1, -0.05) is 35.3 Å². The molecule has 0 radical (unpaired) electrons. The molecule has 3 aromatic rings. The number of nitrogens with one attached hydrogen (secondary N) is 1. The largest absolute Gasteiger partial charge is 0.457 e. The number of amides is 2. The van der Waals surface area contributed by atoms with E-state index in [1.807, 2.05) is 0 Å². The molecule has 31 heavy (non-hydrogen) atoms. The molecule has 0 spiro atoms. The second-order valence-electron chi connectivity index (χ2n) is 6.56. The molecule has 0 aliphatic carbocycles. The van der Waals surface area contributed by atoms with Crippen LogP contribution in [-0.4, -0.2) is 16.9 Å². The molecule has 0 unspecified atom stereocenters. The van der Waals surface area contributed by atoms with Crippen LogP contribution in [0, 0.1) is 0 Å². The van der Waals surface area contributed by atoms with Gasteiger partial charge in [0.25, 0.3) is 11.8 Å². The standard InChI is InChI=1S/C23H14Cl2N2O3S/c24-15-4-8-17(9-5-15)27-22(29)20(21(28)26-23(27)31)13-14-2-1-3-19(12-14)30-18-10-6-16(25)7-11-18/h1-13H,(H,26,28,31)/b20-13-. The van der Waals surface area contributed by atoms with Crippen molar-refractivity contribution in [1.82, 2.24) is 5.32 Å². The summed E-state index contributed by atoms with van der Waals surface area (Å²) in [6, 6.07) is 20.6. The van der Waals surface area contributed by atoms with Crippen molar-refractivity contribution in [2.75, 3.05) is 4.90 Å². The molecule has 4 rings (SSSR count). The normalized spacial score (nSPS) is 15.2. The minimum atomic E-state index is -0.566. The summed E-state index contributed by atoms with van der Waals surface area (Å²) in [5.41, 5.74) is 1.08. The summed E-state index contributed by atoms with van der Waals surface area (Å²) in [4.78, 5) is 26.8. The topological polar surface area (TPSA) is 58.6 Å². The van der Waals surface area contributed by atoms with Gasteiger partial charge in [0.05, 0.1) is 5.69 Å². The van der Waals surface area contributed by atoms with Gasteiger partial charge in [-0.2, -0.15) is 0 Å². The van der Waals surface area contributed by atoms with Gasteiger partial charge in [0.2, 0.25) is 0 Å². The van der Waals surface area contributed by atoms with Crippen LogP contribution in [-0.2, 0) is 9.59 Å². The third-order valence-electron chi connectivity index (χ3n) is 4.40. The molecule has 1 aliphatic rings. The lowest BCUT2D eigenvalue weighted by atomic mass is 10.1. The van der Waals surface area contributed by atoms with E-state index < -0.39 is 11.8 Å². The quantitative estimate of drug-likeness (QED) is 0.306. The lowest BCUT2D eigenvalue weighted by Gasteiger charge is -2.29. The first-order valence-electron chi connectivity index (χ1n) is 9.11. The van der Waals surface area contributed by atoms with Crippen LogP contribution in [0.5, 0.6) is 11.5 Å². The van der Waals surface area contributed by atoms with Gasteiger partial charge in [-0.3, -0.25) is 19.8 Å². The Kier molecular flexibility index (Phi) is 6.04. The number of carbonyl (C=O) groups excluding carboxylic acids is 2. The van der Waals surface area contributed by atoms with E-state index >= 15 is 0 Å². The molecule has 1 fully saturated rings. The number of thiocarbonyl (C=S) groups is 1. The van der Waals surface area contributed by atoms with Gasteiger partial charge in [0, 0.05) is 10.0 Å². The Morgan fingerprint density at radius 3 is 2.19 bits per heavy atom. The Hall–Kier alpha value is -3.19. The van der Waals surface area contributed by atoms with E-state index in [0.717, 1.165) is 0 Å². The van der Waals surface area contributed by atoms with Crippen molar-refractivity contribution in [2.24, 2.45) is 0 Å². The maximum atomic E-state index is 13.1. The highest BCUT2D eigenvalue weighted by molar-refractivity contribution is 7.80. The van der Waals surface area contributed by atoms with Gasteiger partial charge >= 0.3 is 0 Å². The summed E-state index contributed by atoms with van der Waals surface area (Å²) in [7, 11) is 0. The smallest absolute Gasteiger partial charge is 0.270 e. The predicted molar refractivity (Wildman–Crippen MR) is 126 cm³/mol. The first-order valence-corrected chi connectivity index (χ1v) is 10.3. The number of hydrogen-bond acceptors (Lipinski definition) is 4. The Balaban J connectivity index is 1.63. The van der Waals surface area contributed by atoms with E-state index in [4.69, 9.17) is 40.2 Å². The average Bonchev–Trinajstić information content (AvgIpc) is 2.74. The molecule has 5 nitrogen and oxygen atoms in total. The number of benzene rings is 3. The molecule has 1 N–H and O–H groups in total. The molecule has 8 heteroatoms. The summed E-state index contributed by atoms with van der Waals surface area (Å²) in [5, 5.41) is 3.70. The Labute approximate surface area is 193 Å². The van der Waals surface area contributed by atoms with Gasteiger partial charge in [-0.05, 0) is 84.5 Å². The van der Waals surface area contributed by atoms with Crippen molar-refractivity contribution in [3.63, 3.8) is 0 Å². The van der Waals surface area contributed by atoms with Crippen molar-refractivity contribution >= 4 is 64.1 Å². The van der Waals surface area contributed by atoms with Crippen LogP contribution < -0.4 is 15.0 Å². The van der Waals surface area contributed by atoms with Crippen LogP contribution in [0.3, 0.4) is 0 Å². The maximum Gasteiger partial charge on any atom is 0.270 e. The van der Waals surface area contributed by atoms with Crippen molar-refractivity contribution in [3.05, 3.63) is 94.0 Å². The number of nitrogens with zero attached hydrogens (tertiary/aromatic N) is 1. The molecule has 1 saturated heterocycles. The Bertz CT molecular complexity index is 1210. The zero-order valence-electron chi connectivity index (χ0n) is 15.8. The SMILES string of the molecule is O=C1NC(=S)N(c2ccc(Cl)cc2)C(=O)/C1=C\c1cccc(Oc2ccc(Cl)cc2)c1. The number of anilines is 1. The van der Waals surface area contributed by atoms with Crippen LogP contribution in [0.25, 0.3) is 6.08 Å². The number of halogens is 2. The van der Waals surface area contributed by atoms with Gasteiger partial charge in [-0.15, -0.1) is 0 Å². The molecular weight excluding hydrogens is 455 g/mol. The van der Waals surface area contributed by atoms with E-state index in [2.05, 4.69) is 5.32 Å². The van der Waals surface area contributed by atoms with E-state index in [0.29, 0.717) is 32.8 Å². The van der Waals surface area contributed by atoms with Gasteiger partial charge in [0.1, 0.15) is 17.1 Å². The highest BCUT2D eigenvalue weighted by atomic mass is 35.5. The highest BCUT2D eigenvalue weighted by Gasteiger charge is 2.34. The van der Waals surface area contributed by atoms with Crippen LogP contribution in [0.4, 0.5) is 5.69 Å². The van der Waals surface area contributed by atoms with Crippen LogP contribution in [0.1, 0.15) is 5.56 Å². The molecule has 0 atom stereocenters. The van der Waals surface area contributed by atoms with Crippen molar-refractivity contribution in [3.8, 4) is 11.5 Å². The highest BCUT2D eigenvalue weighted by Crippen LogP contribution is 2.26. The van der Waals surface area contributed by atoms with E-state index in [9.17, 15) is 9.59 Å². The molecule has 0 aromatic heterocycles. The van der Waals surface area contributed by atoms with Crippen molar-refractivity contribution in [2.45, 2.75) is 0 Å². The first-order chi connectivity index (χ1) is 14.9. The fraction of sp³-hybridized carbons (Fsp3) is 0. The number of hydrogen-bond donors (Lipinski definition) is 1. The molecule has 3 aromatic carbocycles. The zero-order valence-corrected chi connectivity index (χ0v) is 18.2. The van der Waals surface area contributed by atoms with E-state index in [-0.39, 0.29) is 10.7 Å². The molecule has 0 saturated carbocycles. The molecule has 1 aliphatic heterocycles. The number of ether oxygens (including phenoxy) is 1. The van der Waals surface area contributed by atoms with Gasteiger partial charge < -0.3 is 4.74 Å². The summed E-state index contributed by atoms with van der Waals surface area (Å²) in [6.45, 7) is 0. The van der Waals surface area contributed by atoms with E-state index in [1.54, 1.807) is 72.8 Å². The Morgan fingerprint density at radius 1 is 0.871 bits per heavy atom. The Morgan fingerprint density at radius 2 is 1.52 bits per heavy atom. The average molecular weight is 469 g/mol. The fourth-order valence-corrected chi connectivity index (χ4v) is 3.49. The maximum absolute atomic E-state index is 13.1. The second-order valence-corrected chi connectivity index (χ2v) is 7.82. The third kappa shape index (κ3) is 4.77. The van der Waals surface area contributed by atoms with Crippen LogP contribution in [0.15, 0.2) is 78.4 Å². The van der Waals surface area contributed by atoms with Crippen molar-refractivity contribution in [1.29, 1.82) is 0 Å². The molecule has 154 valence electrons. The summed E-state index contributed by atoms with van der Waals surface area (Å²) >= 11 is 17.0. The monoisotopic (exact) mass is 468 g/mol. The zero-order chi connectivity index (χ0) is 22.0. The molecular formula is C23H14Cl2N2O3S. The minimum absolute atomic E-state index is 0.00861. The third-order valence-corrected chi connectivity index (χ3v) is 5.19. The first kappa shape index (κ1) is 21.1. The summed E-state index contributed by atoms with van der Waals surface area (Å²) in [5.74, 6) is 0.0645. The van der Waals surface area contributed by atoms with Crippen molar-refractivity contribution < 1.29 is 14.3 Å². The summed E-state index contributed by atoms with van der Waals surface area (Å²) in [6.07, 6.45) is 1.50. The number of rotatable bonds is 4. The predicted octanol–water partition coefficient (Wildman–Crippen LogP) is 5.62. The number of carbonyl (C=O) groups is 2. The molecule has 0 bridgehead atoms. The van der Waals surface area contributed by atoms with Gasteiger partial charge in [-0.25, -0.2) is 0 Å². The van der Waals surface area contributed by atoms with Crippen LogP contribution in [0.2, 0.25) is 10.0 Å². The summed E-state index contributed by atoms with van der Waals surface area (Å²) < 4.78 is 5.82. The van der Waals surface area contributed by atoms with Crippen LogP contribution >= 0.6 is 35.4 Å². The molecule has 1 heterocycles. The lowest BCUT2D eigenvalue weighted by Crippen LogP contribution is -2.54. The molecule has 2 amide bonds. The van der Waals surface area contributed by atoms with Gasteiger partial charge in [0.15, 0.2) is 5.11 Å². The second kappa shape index (κ2) is 8.89. The van der Waals surface area contributed by atoms with E-state index in [1.165, 1.54) is 11.0 Å². The fourth-order valence-electron chi connectivity index (χ4n) is 2.96. The minimum Gasteiger partial charge on any atom is -0.457 e.